The lowest BCUT2D eigenvalue weighted by atomic mass is 10.1. The molecule has 0 atom stereocenters. The van der Waals surface area contributed by atoms with Crippen LogP contribution in [0.5, 0.6) is 0 Å². The lowest BCUT2D eigenvalue weighted by Gasteiger charge is -2.09. The van der Waals surface area contributed by atoms with E-state index in [0.29, 0.717) is 0 Å². The molecule has 0 aliphatic carbocycles. The Bertz CT molecular complexity index is 463. The minimum Gasteiger partial charge on any atom is -0.371 e. The van der Waals surface area contributed by atoms with Crippen molar-refractivity contribution >= 4 is 5.91 Å². The van der Waals surface area contributed by atoms with Crippen LogP contribution in [0.15, 0.2) is 18.2 Å². The van der Waals surface area contributed by atoms with Crippen LogP contribution in [0.25, 0.3) is 0 Å². The van der Waals surface area contributed by atoms with Crippen LogP contribution in [0.3, 0.4) is 0 Å². The summed E-state index contributed by atoms with van der Waals surface area (Å²) in [5.74, 6) is -1.21. The molecule has 1 amide bonds. The Kier molecular flexibility index (Phi) is 5.90. The molecule has 0 unspecified atom stereocenters. The fourth-order valence-corrected chi connectivity index (χ4v) is 1.42. The molecule has 0 fully saturated rings. The molecule has 1 aromatic carbocycles. The molecule has 4 nitrogen and oxygen atoms in total. The predicted octanol–water partition coefficient (Wildman–Crippen LogP) is 1.59. The van der Waals surface area contributed by atoms with Gasteiger partial charge in [0, 0.05) is 24.2 Å². The van der Waals surface area contributed by atoms with Crippen LogP contribution in [0.4, 0.5) is 17.6 Å². The number of ether oxygens (including phenoxy) is 1. The van der Waals surface area contributed by atoms with Gasteiger partial charge in [-0.2, -0.15) is 13.2 Å². The average Bonchev–Trinajstić information content (AvgIpc) is 2.34. The number of nitrogens with one attached hydrogen (secondary N) is 1. The van der Waals surface area contributed by atoms with Crippen LogP contribution in [0.1, 0.15) is 15.9 Å². The van der Waals surface area contributed by atoms with Gasteiger partial charge in [-0.15, -0.1) is 0 Å². The maximum atomic E-state index is 13.4. The van der Waals surface area contributed by atoms with Crippen molar-refractivity contribution in [3.63, 3.8) is 0 Å². The van der Waals surface area contributed by atoms with E-state index in [-0.39, 0.29) is 30.8 Å². The molecule has 3 N–H and O–H groups in total. The highest BCUT2D eigenvalue weighted by Crippen LogP contribution is 2.14. The summed E-state index contributed by atoms with van der Waals surface area (Å²) in [6.07, 6.45) is -4.36. The van der Waals surface area contributed by atoms with E-state index < -0.39 is 24.5 Å². The molecule has 0 heterocycles. The maximum absolute atomic E-state index is 13.4. The minimum absolute atomic E-state index is 0.0579. The molecule has 0 spiro atoms. The Morgan fingerprint density at radius 1 is 1.35 bits per heavy atom. The lowest BCUT2D eigenvalue weighted by Crippen LogP contribution is -2.24. The van der Waals surface area contributed by atoms with Crippen LogP contribution < -0.4 is 11.1 Å². The summed E-state index contributed by atoms with van der Waals surface area (Å²) < 4.78 is 53.1. The van der Waals surface area contributed by atoms with Gasteiger partial charge in [0.25, 0.3) is 0 Å². The van der Waals surface area contributed by atoms with Crippen molar-refractivity contribution in [1.82, 2.24) is 5.32 Å². The maximum Gasteiger partial charge on any atom is 0.411 e. The van der Waals surface area contributed by atoms with Crippen molar-refractivity contribution in [3.05, 3.63) is 35.1 Å². The van der Waals surface area contributed by atoms with E-state index in [0.717, 1.165) is 6.07 Å². The topological polar surface area (TPSA) is 64.4 Å². The number of benzene rings is 1. The van der Waals surface area contributed by atoms with E-state index in [1.165, 1.54) is 12.1 Å². The Labute approximate surface area is 112 Å². The van der Waals surface area contributed by atoms with Crippen LogP contribution in [0.2, 0.25) is 0 Å². The van der Waals surface area contributed by atoms with E-state index >= 15 is 0 Å². The molecule has 0 saturated heterocycles. The smallest absolute Gasteiger partial charge is 0.371 e. The van der Waals surface area contributed by atoms with E-state index in [1.807, 2.05) is 0 Å². The van der Waals surface area contributed by atoms with Gasteiger partial charge in [0.15, 0.2) is 0 Å². The molecule has 1 aromatic rings. The number of rotatable bonds is 7. The molecule has 20 heavy (non-hydrogen) atoms. The third kappa shape index (κ3) is 5.98. The molecule has 0 aromatic heterocycles. The summed E-state index contributed by atoms with van der Waals surface area (Å²) >= 11 is 0. The second-order valence-electron chi connectivity index (χ2n) is 4.01. The van der Waals surface area contributed by atoms with Crippen molar-refractivity contribution in [2.75, 3.05) is 19.8 Å². The van der Waals surface area contributed by atoms with Crippen molar-refractivity contribution in [1.29, 1.82) is 0 Å². The number of hydrogen-bond donors (Lipinski definition) is 2. The third-order valence-corrected chi connectivity index (χ3v) is 2.33. The number of nitrogens with two attached hydrogens (primary N) is 1. The fraction of sp³-hybridized carbons (Fsp3) is 0.417. The van der Waals surface area contributed by atoms with Gasteiger partial charge >= 0.3 is 6.18 Å². The van der Waals surface area contributed by atoms with Gasteiger partial charge in [0.2, 0.25) is 5.91 Å². The zero-order chi connectivity index (χ0) is 15.2. The monoisotopic (exact) mass is 294 g/mol. The first-order valence-electron chi connectivity index (χ1n) is 5.73. The first-order chi connectivity index (χ1) is 9.29. The van der Waals surface area contributed by atoms with Crippen molar-refractivity contribution in [2.24, 2.45) is 5.73 Å². The van der Waals surface area contributed by atoms with Gasteiger partial charge < -0.3 is 15.8 Å². The van der Waals surface area contributed by atoms with Gasteiger partial charge in [0.1, 0.15) is 12.4 Å². The summed E-state index contributed by atoms with van der Waals surface area (Å²) in [4.78, 5) is 10.9. The largest absolute Gasteiger partial charge is 0.411 e. The van der Waals surface area contributed by atoms with Crippen LogP contribution in [0, 0.1) is 5.82 Å². The molecule has 8 heteroatoms. The minimum atomic E-state index is -4.36. The van der Waals surface area contributed by atoms with Crippen LogP contribution >= 0.6 is 0 Å². The highest BCUT2D eigenvalue weighted by molar-refractivity contribution is 5.92. The fourth-order valence-electron chi connectivity index (χ4n) is 1.42. The highest BCUT2D eigenvalue weighted by atomic mass is 19.4. The predicted molar refractivity (Wildman–Crippen MR) is 63.5 cm³/mol. The van der Waals surface area contributed by atoms with Crippen molar-refractivity contribution < 1.29 is 27.1 Å². The zero-order valence-electron chi connectivity index (χ0n) is 10.5. The highest BCUT2D eigenvalue weighted by Gasteiger charge is 2.27. The number of alkyl halides is 3. The molecular weight excluding hydrogens is 280 g/mol. The third-order valence-electron chi connectivity index (χ3n) is 2.33. The number of hydrogen-bond acceptors (Lipinski definition) is 3. The van der Waals surface area contributed by atoms with E-state index in [4.69, 9.17) is 5.73 Å². The van der Waals surface area contributed by atoms with Crippen LogP contribution in [-0.4, -0.2) is 31.8 Å². The van der Waals surface area contributed by atoms with Crippen LogP contribution in [-0.2, 0) is 11.3 Å². The SMILES string of the molecule is NC(=O)c1ccc(F)c(CNCCOCC(F)(F)F)c1. The first kappa shape index (κ1) is 16.4. The molecule has 0 radical (unpaired) electrons. The molecule has 0 aliphatic rings. The Balaban J connectivity index is 2.35. The Hall–Kier alpha value is -1.67. The van der Waals surface area contributed by atoms with Gasteiger partial charge in [-0.1, -0.05) is 0 Å². The summed E-state index contributed by atoms with van der Waals surface area (Å²) in [6, 6.07) is 3.66. The Morgan fingerprint density at radius 3 is 2.65 bits per heavy atom. The average molecular weight is 294 g/mol. The molecule has 0 saturated carbocycles. The molecule has 112 valence electrons. The summed E-state index contributed by atoms with van der Waals surface area (Å²) in [6.45, 7) is -1.30. The number of primary amides is 1. The number of carbonyl (C=O) groups excluding carboxylic acids is 1. The van der Waals surface area contributed by atoms with Crippen molar-refractivity contribution in [3.8, 4) is 0 Å². The van der Waals surface area contributed by atoms with E-state index in [9.17, 15) is 22.4 Å². The lowest BCUT2D eigenvalue weighted by molar-refractivity contribution is -0.173. The van der Waals surface area contributed by atoms with Crippen molar-refractivity contribution in [2.45, 2.75) is 12.7 Å². The quantitative estimate of drug-likeness (QED) is 0.593. The standard InChI is InChI=1S/C12H14F4N2O2/c13-10-2-1-8(11(17)19)5-9(10)6-18-3-4-20-7-12(14,15)16/h1-2,5,18H,3-4,6-7H2,(H2,17,19). The zero-order valence-corrected chi connectivity index (χ0v) is 10.5. The van der Waals surface area contributed by atoms with Gasteiger partial charge in [-0.3, -0.25) is 4.79 Å². The second-order valence-corrected chi connectivity index (χ2v) is 4.01. The van der Waals surface area contributed by atoms with Gasteiger partial charge in [-0.05, 0) is 18.2 Å². The van der Waals surface area contributed by atoms with Gasteiger partial charge in [0.05, 0.1) is 6.61 Å². The Morgan fingerprint density at radius 2 is 2.05 bits per heavy atom. The number of carbonyl (C=O) groups is 1. The van der Waals surface area contributed by atoms with Gasteiger partial charge in [-0.25, -0.2) is 4.39 Å². The second kappa shape index (κ2) is 7.20. The summed E-state index contributed by atoms with van der Waals surface area (Å²) in [5.41, 5.74) is 5.43. The summed E-state index contributed by atoms with van der Waals surface area (Å²) in [5, 5.41) is 2.71. The van der Waals surface area contributed by atoms with E-state index in [1.54, 1.807) is 0 Å². The number of halogens is 4. The summed E-state index contributed by atoms with van der Waals surface area (Å²) in [7, 11) is 0. The number of amides is 1. The molecular formula is C12H14F4N2O2. The normalized spacial score (nSPS) is 11.6. The van der Waals surface area contributed by atoms with E-state index in [2.05, 4.69) is 10.1 Å². The molecule has 0 bridgehead atoms. The molecule has 1 rings (SSSR count). The molecule has 0 aliphatic heterocycles. The first-order valence-corrected chi connectivity index (χ1v) is 5.73.